The van der Waals surface area contributed by atoms with Crippen LogP contribution in [0.25, 0.3) is 0 Å². The number of anilines is 1. The van der Waals surface area contributed by atoms with Crippen LogP contribution in [0.5, 0.6) is 0 Å². The summed E-state index contributed by atoms with van der Waals surface area (Å²) in [6.07, 6.45) is 0. The SMILES string of the molecule is O=C(COC(=O)CSc1ccc(Cl)cc1)Nc1ccc(F)c(F)c1. The van der Waals surface area contributed by atoms with Gasteiger partial charge in [0.1, 0.15) is 0 Å². The van der Waals surface area contributed by atoms with Gasteiger partial charge in [-0.05, 0) is 36.4 Å². The molecule has 2 aromatic carbocycles. The van der Waals surface area contributed by atoms with Gasteiger partial charge in [0.25, 0.3) is 5.91 Å². The lowest BCUT2D eigenvalue weighted by Gasteiger charge is -2.07. The van der Waals surface area contributed by atoms with Gasteiger partial charge in [0.15, 0.2) is 18.2 Å². The Balaban J connectivity index is 1.73. The van der Waals surface area contributed by atoms with Crippen LogP contribution in [0.15, 0.2) is 47.4 Å². The van der Waals surface area contributed by atoms with Crippen LogP contribution in [0.2, 0.25) is 5.02 Å². The Morgan fingerprint density at radius 1 is 1.08 bits per heavy atom. The maximum atomic E-state index is 13.0. The number of hydrogen-bond acceptors (Lipinski definition) is 4. The van der Waals surface area contributed by atoms with Crippen molar-refractivity contribution in [2.75, 3.05) is 17.7 Å². The van der Waals surface area contributed by atoms with Crippen LogP contribution in [0.1, 0.15) is 0 Å². The number of nitrogens with one attached hydrogen (secondary N) is 1. The third kappa shape index (κ3) is 5.82. The van der Waals surface area contributed by atoms with Crippen molar-refractivity contribution in [2.24, 2.45) is 0 Å². The molecule has 0 radical (unpaired) electrons. The molecule has 0 aromatic heterocycles. The first-order valence-electron chi connectivity index (χ1n) is 6.73. The second-order valence-corrected chi connectivity index (χ2v) is 6.07. The predicted molar refractivity (Wildman–Crippen MR) is 88.1 cm³/mol. The van der Waals surface area contributed by atoms with E-state index in [1.54, 1.807) is 24.3 Å². The summed E-state index contributed by atoms with van der Waals surface area (Å²) in [5.74, 6) is -3.29. The summed E-state index contributed by atoms with van der Waals surface area (Å²) in [6.45, 7) is -0.515. The number of thioether (sulfide) groups is 1. The van der Waals surface area contributed by atoms with Gasteiger partial charge in [-0.15, -0.1) is 11.8 Å². The molecule has 0 heterocycles. The number of benzene rings is 2. The van der Waals surface area contributed by atoms with E-state index in [2.05, 4.69) is 5.32 Å². The van der Waals surface area contributed by atoms with E-state index >= 15 is 0 Å². The van der Waals surface area contributed by atoms with Gasteiger partial charge in [-0.3, -0.25) is 9.59 Å². The second kappa shape index (κ2) is 8.65. The molecule has 0 aliphatic rings. The van der Waals surface area contributed by atoms with Crippen molar-refractivity contribution in [1.82, 2.24) is 0 Å². The molecular formula is C16H12ClF2NO3S. The van der Waals surface area contributed by atoms with Crippen LogP contribution in [0, 0.1) is 11.6 Å². The number of carbonyl (C=O) groups excluding carboxylic acids is 2. The van der Waals surface area contributed by atoms with Gasteiger partial charge >= 0.3 is 5.97 Å². The van der Waals surface area contributed by atoms with Gasteiger partial charge in [0, 0.05) is 21.7 Å². The molecule has 1 N–H and O–H groups in total. The minimum atomic E-state index is -1.08. The average Bonchev–Trinajstić information content (AvgIpc) is 2.56. The first-order chi connectivity index (χ1) is 11.4. The number of rotatable bonds is 6. The smallest absolute Gasteiger partial charge is 0.316 e. The van der Waals surface area contributed by atoms with Gasteiger partial charge in [-0.1, -0.05) is 11.6 Å². The van der Waals surface area contributed by atoms with Gasteiger partial charge < -0.3 is 10.1 Å². The molecule has 4 nitrogen and oxygen atoms in total. The van der Waals surface area contributed by atoms with Crippen LogP contribution in [-0.4, -0.2) is 24.2 Å². The number of hydrogen-bond donors (Lipinski definition) is 1. The Labute approximate surface area is 146 Å². The Morgan fingerprint density at radius 2 is 1.79 bits per heavy atom. The molecule has 1 amide bonds. The highest BCUT2D eigenvalue weighted by molar-refractivity contribution is 8.00. The van der Waals surface area contributed by atoms with Crippen molar-refractivity contribution in [3.8, 4) is 0 Å². The van der Waals surface area contributed by atoms with Crippen LogP contribution in [-0.2, 0) is 14.3 Å². The largest absolute Gasteiger partial charge is 0.455 e. The van der Waals surface area contributed by atoms with Crippen molar-refractivity contribution in [1.29, 1.82) is 0 Å². The first-order valence-corrected chi connectivity index (χ1v) is 8.09. The zero-order chi connectivity index (χ0) is 17.5. The molecule has 2 aromatic rings. The highest BCUT2D eigenvalue weighted by atomic mass is 35.5. The highest BCUT2D eigenvalue weighted by Crippen LogP contribution is 2.20. The number of esters is 1. The first kappa shape index (κ1) is 18.2. The summed E-state index contributed by atoms with van der Waals surface area (Å²) in [5.41, 5.74) is 0.0745. The summed E-state index contributed by atoms with van der Waals surface area (Å²) < 4.78 is 30.6. The Morgan fingerprint density at radius 3 is 2.46 bits per heavy atom. The van der Waals surface area contributed by atoms with Crippen LogP contribution >= 0.6 is 23.4 Å². The Kier molecular flexibility index (Phi) is 6.57. The standard InChI is InChI=1S/C16H12ClF2NO3S/c17-10-1-4-12(5-2-10)24-9-16(22)23-8-15(21)20-11-3-6-13(18)14(19)7-11/h1-7H,8-9H2,(H,20,21). The van der Waals surface area contributed by atoms with E-state index < -0.39 is 30.1 Å². The van der Waals surface area contributed by atoms with Crippen LogP contribution < -0.4 is 5.32 Å². The van der Waals surface area contributed by atoms with Crippen molar-refractivity contribution < 1.29 is 23.1 Å². The maximum Gasteiger partial charge on any atom is 0.316 e. The maximum absolute atomic E-state index is 13.0. The molecule has 0 atom stereocenters. The lowest BCUT2D eigenvalue weighted by molar-refractivity contribution is -0.144. The van der Waals surface area contributed by atoms with E-state index in [1.165, 1.54) is 17.8 Å². The van der Waals surface area contributed by atoms with Gasteiger partial charge in [-0.25, -0.2) is 8.78 Å². The van der Waals surface area contributed by atoms with Crippen molar-refractivity contribution in [3.63, 3.8) is 0 Å². The van der Waals surface area contributed by atoms with Crippen molar-refractivity contribution in [3.05, 3.63) is 59.1 Å². The average molecular weight is 372 g/mol. The molecule has 0 aliphatic carbocycles. The molecule has 2 rings (SSSR count). The molecule has 0 saturated heterocycles. The van der Waals surface area contributed by atoms with Crippen LogP contribution in [0.4, 0.5) is 14.5 Å². The predicted octanol–water partition coefficient (Wildman–Crippen LogP) is 3.89. The minimum absolute atomic E-state index is 0.0279. The Hall–Kier alpha value is -2.12. The minimum Gasteiger partial charge on any atom is -0.455 e. The fourth-order valence-corrected chi connectivity index (χ4v) is 2.45. The molecule has 0 aliphatic heterocycles. The van der Waals surface area contributed by atoms with E-state index in [0.717, 1.165) is 17.0 Å². The molecule has 0 spiro atoms. The summed E-state index contributed by atoms with van der Waals surface area (Å²) in [4.78, 5) is 24.0. The molecule has 0 unspecified atom stereocenters. The molecule has 0 bridgehead atoms. The van der Waals surface area contributed by atoms with Crippen molar-refractivity contribution >= 4 is 40.9 Å². The monoisotopic (exact) mass is 371 g/mol. The van der Waals surface area contributed by atoms with E-state index in [1.807, 2.05) is 0 Å². The summed E-state index contributed by atoms with van der Waals surface area (Å²) >= 11 is 6.99. The fraction of sp³-hybridized carbons (Fsp3) is 0.125. The molecular weight excluding hydrogens is 360 g/mol. The van der Waals surface area contributed by atoms with Crippen molar-refractivity contribution in [2.45, 2.75) is 4.90 Å². The van der Waals surface area contributed by atoms with E-state index in [0.29, 0.717) is 5.02 Å². The molecule has 126 valence electrons. The topological polar surface area (TPSA) is 55.4 Å². The van der Waals surface area contributed by atoms with E-state index in [-0.39, 0.29) is 11.4 Å². The molecule has 24 heavy (non-hydrogen) atoms. The summed E-state index contributed by atoms with van der Waals surface area (Å²) in [6, 6.07) is 9.85. The quantitative estimate of drug-likeness (QED) is 0.618. The summed E-state index contributed by atoms with van der Waals surface area (Å²) in [7, 11) is 0. The van der Waals surface area contributed by atoms with E-state index in [9.17, 15) is 18.4 Å². The second-order valence-electron chi connectivity index (χ2n) is 4.58. The summed E-state index contributed by atoms with van der Waals surface area (Å²) in [5, 5.41) is 2.89. The lowest BCUT2D eigenvalue weighted by Crippen LogP contribution is -2.21. The van der Waals surface area contributed by atoms with Gasteiger partial charge in [-0.2, -0.15) is 0 Å². The zero-order valence-electron chi connectivity index (χ0n) is 12.2. The number of halogens is 3. The Bertz CT molecular complexity index is 741. The number of ether oxygens (including phenoxy) is 1. The normalized spacial score (nSPS) is 10.3. The lowest BCUT2D eigenvalue weighted by atomic mass is 10.3. The molecule has 0 fully saturated rings. The molecule has 8 heteroatoms. The third-order valence-corrected chi connectivity index (χ3v) is 3.98. The number of carbonyl (C=O) groups is 2. The third-order valence-electron chi connectivity index (χ3n) is 2.74. The van der Waals surface area contributed by atoms with E-state index in [4.69, 9.17) is 16.3 Å². The fourth-order valence-electron chi connectivity index (χ4n) is 1.63. The van der Waals surface area contributed by atoms with Gasteiger partial charge in [0.2, 0.25) is 0 Å². The van der Waals surface area contributed by atoms with Gasteiger partial charge in [0.05, 0.1) is 5.75 Å². The molecule has 0 saturated carbocycles. The highest BCUT2D eigenvalue weighted by Gasteiger charge is 2.10. The zero-order valence-corrected chi connectivity index (χ0v) is 13.8. The number of amides is 1. The van der Waals surface area contributed by atoms with Crippen LogP contribution in [0.3, 0.4) is 0 Å².